The molecule has 0 bridgehead atoms. The molecule has 0 aliphatic carbocycles. The molecule has 17 heavy (non-hydrogen) atoms. The van der Waals surface area contributed by atoms with Gasteiger partial charge in [-0.2, -0.15) is 9.64 Å². The van der Waals surface area contributed by atoms with Gasteiger partial charge in [0, 0.05) is 13.1 Å². The molecule has 0 spiro atoms. The van der Waals surface area contributed by atoms with Gasteiger partial charge in [-0.3, -0.25) is 0 Å². The average molecular weight is 272 g/mol. The molecule has 4 nitrogen and oxygen atoms in total. The largest absolute Gasteiger partial charge is 0.372 e. The van der Waals surface area contributed by atoms with Gasteiger partial charge in [-0.05, 0) is 24.9 Å². The van der Waals surface area contributed by atoms with Crippen molar-refractivity contribution in [3.05, 3.63) is 10.7 Å². The van der Waals surface area contributed by atoms with Crippen molar-refractivity contribution >= 4 is 28.1 Å². The first-order chi connectivity index (χ1) is 8.09. The maximum absolute atomic E-state index is 9.08. The van der Waals surface area contributed by atoms with E-state index < -0.39 is 0 Å². The van der Waals surface area contributed by atoms with Crippen LogP contribution < -0.4 is 4.90 Å². The minimum Gasteiger partial charge on any atom is -0.372 e. The van der Waals surface area contributed by atoms with Gasteiger partial charge < -0.3 is 9.64 Å². The number of hydrogen-bond acceptors (Lipinski definition) is 5. The first-order valence-electron chi connectivity index (χ1n) is 5.54. The fraction of sp³-hybridized carbons (Fsp3) is 0.636. The lowest BCUT2D eigenvalue weighted by molar-refractivity contribution is -0.0439. The van der Waals surface area contributed by atoms with Crippen LogP contribution in [0.15, 0.2) is 0 Å². The van der Waals surface area contributed by atoms with Crippen LogP contribution in [0.3, 0.4) is 0 Å². The zero-order chi connectivity index (χ0) is 12.5. The second kappa shape index (κ2) is 4.81. The highest BCUT2D eigenvalue weighted by Crippen LogP contribution is 2.34. The lowest BCUT2D eigenvalue weighted by Gasteiger charge is -2.40. The summed E-state index contributed by atoms with van der Waals surface area (Å²) in [6, 6.07) is 2.12. The number of anilines is 1. The van der Waals surface area contributed by atoms with E-state index in [1.54, 1.807) is 0 Å². The van der Waals surface area contributed by atoms with E-state index in [-0.39, 0.29) is 5.60 Å². The number of nitriles is 1. The minimum atomic E-state index is -0.151. The highest BCUT2D eigenvalue weighted by molar-refractivity contribution is 7.10. The fourth-order valence-electron chi connectivity index (χ4n) is 1.89. The molecular formula is C11H14ClN3OS. The third-order valence-electron chi connectivity index (χ3n) is 3.12. The molecule has 1 aliphatic rings. The minimum absolute atomic E-state index is 0.151. The Morgan fingerprint density at radius 1 is 1.71 bits per heavy atom. The molecule has 0 amide bonds. The second-order valence-electron chi connectivity index (χ2n) is 4.34. The summed E-state index contributed by atoms with van der Waals surface area (Å²) < 4.78 is 9.81. The van der Waals surface area contributed by atoms with Crippen LogP contribution >= 0.6 is 23.1 Å². The van der Waals surface area contributed by atoms with Crippen molar-refractivity contribution in [2.45, 2.75) is 25.9 Å². The summed E-state index contributed by atoms with van der Waals surface area (Å²) in [5.41, 5.74) is 0.332. The van der Waals surface area contributed by atoms with E-state index in [9.17, 15) is 0 Å². The topological polar surface area (TPSA) is 49.2 Å². The van der Waals surface area contributed by atoms with Crippen LogP contribution in [0.25, 0.3) is 0 Å². The van der Waals surface area contributed by atoms with Gasteiger partial charge in [-0.25, -0.2) is 0 Å². The lowest BCUT2D eigenvalue weighted by Crippen LogP contribution is -2.49. The number of hydrogen-bond donors (Lipinski definition) is 0. The van der Waals surface area contributed by atoms with Gasteiger partial charge in [0.05, 0.1) is 12.2 Å². The van der Waals surface area contributed by atoms with Crippen molar-refractivity contribution < 1.29 is 4.74 Å². The van der Waals surface area contributed by atoms with Crippen LogP contribution in [0.2, 0.25) is 5.15 Å². The number of rotatable bonds is 2. The van der Waals surface area contributed by atoms with E-state index in [1.807, 2.05) is 0 Å². The molecule has 1 atom stereocenters. The van der Waals surface area contributed by atoms with Crippen molar-refractivity contribution in [3.63, 3.8) is 0 Å². The molecule has 0 N–H and O–H groups in total. The Morgan fingerprint density at radius 2 is 2.47 bits per heavy atom. The van der Waals surface area contributed by atoms with Crippen molar-refractivity contribution in [1.29, 1.82) is 5.26 Å². The van der Waals surface area contributed by atoms with Crippen molar-refractivity contribution in [3.8, 4) is 6.07 Å². The van der Waals surface area contributed by atoms with Crippen molar-refractivity contribution in [1.82, 2.24) is 4.37 Å². The van der Waals surface area contributed by atoms with Crippen molar-refractivity contribution in [2.24, 2.45) is 0 Å². The Labute approximate surface area is 110 Å². The Kier molecular flexibility index (Phi) is 3.57. The molecule has 1 unspecified atom stereocenters. The first kappa shape index (κ1) is 12.6. The molecule has 1 saturated heterocycles. The zero-order valence-corrected chi connectivity index (χ0v) is 11.4. The predicted molar refractivity (Wildman–Crippen MR) is 68.7 cm³/mol. The lowest BCUT2D eigenvalue weighted by atomic mass is 10.0. The number of morpholine rings is 1. The molecule has 1 aromatic heterocycles. The number of ether oxygens (including phenoxy) is 1. The molecule has 1 fully saturated rings. The Hall–Kier alpha value is -0.830. The molecule has 0 saturated carbocycles. The third-order valence-corrected chi connectivity index (χ3v) is 4.40. The van der Waals surface area contributed by atoms with E-state index in [4.69, 9.17) is 21.6 Å². The second-order valence-corrected chi connectivity index (χ2v) is 5.45. The van der Waals surface area contributed by atoms with E-state index >= 15 is 0 Å². The monoisotopic (exact) mass is 271 g/mol. The molecule has 0 radical (unpaired) electrons. The first-order valence-corrected chi connectivity index (χ1v) is 6.69. The smallest absolute Gasteiger partial charge is 0.162 e. The maximum Gasteiger partial charge on any atom is 0.162 e. The van der Waals surface area contributed by atoms with Crippen LogP contribution in [0.4, 0.5) is 5.00 Å². The van der Waals surface area contributed by atoms with Crippen molar-refractivity contribution in [2.75, 3.05) is 24.6 Å². The zero-order valence-electron chi connectivity index (χ0n) is 9.86. The van der Waals surface area contributed by atoms with E-state index in [2.05, 4.69) is 29.2 Å². The summed E-state index contributed by atoms with van der Waals surface area (Å²) in [4.78, 5) is 2.15. The van der Waals surface area contributed by atoms with Gasteiger partial charge in [-0.15, -0.1) is 0 Å². The summed E-state index contributed by atoms with van der Waals surface area (Å²) in [5, 5.41) is 10.2. The molecule has 1 aliphatic heterocycles. The predicted octanol–water partition coefficient (Wildman–Crippen LogP) is 2.67. The molecule has 92 valence electrons. The quantitative estimate of drug-likeness (QED) is 0.830. The molecule has 2 heterocycles. The third kappa shape index (κ3) is 2.39. The molecule has 6 heteroatoms. The van der Waals surface area contributed by atoms with Gasteiger partial charge in [0.15, 0.2) is 5.15 Å². The van der Waals surface area contributed by atoms with E-state index in [1.165, 1.54) is 11.5 Å². The number of nitrogens with zero attached hydrogens (tertiary/aromatic N) is 3. The van der Waals surface area contributed by atoms with Gasteiger partial charge in [0.1, 0.15) is 16.6 Å². The summed E-state index contributed by atoms with van der Waals surface area (Å²) in [7, 11) is 0. The Bertz CT molecular complexity index is 456. The van der Waals surface area contributed by atoms with E-state index in [0.29, 0.717) is 17.3 Å². The summed E-state index contributed by atoms with van der Waals surface area (Å²) in [6.07, 6.45) is 0.942. The number of aromatic nitrogens is 1. The van der Waals surface area contributed by atoms with Gasteiger partial charge in [-0.1, -0.05) is 18.5 Å². The Morgan fingerprint density at radius 3 is 3.12 bits per heavy atom. The van der Waals surface area contributed by atoms with E-state index in [0.717, 1.165) is 24.5 Å². The highest BCUT2D eigenvalue weighted by atomic mass is 35.5. The summed E-state index contributed by atoms with van der Waals surface area (Å²) in [5.74, 6) is 0. The molecule has 2 rings (SSSR count). The van der Waals surface area contributed by atoms with Crippen LogP contribution in [-0.2, 0) is 4.74 Å². The van der Waals surface area contributed by atoms with Gasteiger partial charge in [0.25, 0.3) is 0 Å². The summed E-state index contributed by atoms with van der Waals surface area (Å²) >= 11 is 7.17. The normalized spacial score (nSPS) is 24.7. The fourth-order valence-corrected chi connectivity index (χ4v) is 2.94. The van der Waals surface area contributed by atoms with Crippen LogP contribution in [0.1, 0.15) is 25.8 Å². The van der Waals surface area contributed by atoms with Crippen LogP contribution in [0, 0.1) is 11.3 Å². The van der Waals surface area contributed by atoms with Crippen LogP contribution in [0.5, 0.6) is 0 Å². The highest BCUT2D eigenvalue weighted by Gasteiger charge is 2.32. The molecule has 0 aromatic carbocycles. The molecular weight excluding hydrogens is 258 g/mol. The number of halogens is 1. The average Bonchev–Trinajstić information content (AvgIpc) is 2.70. The SMILES string of the molecule is CCC1(C)CN(c2snc(Cl)c2C#N)CCO1. The Balaban J connectivity index is 2.26. The standard InChI is InChI=1S/C11H14ClN3OS/c1-3-11(2)7-15(4-5-16-11)10-8(6-13)9(12)14-17-10/h3-5,7H2,1-2H3. The van der Waals surface area contributed by atoms with Gasteiger partial charge in [0.2, 0.25) is 0 Å². The molecule has 1 aromatic rings. The van der Waals surface area contributed by atoms with Gasteiger partial charge >= 0.3 is 0 Å². The summed E-state index contributed by atoms with van der Waals surface area (Å²) in [6.45, 7) is 6.42. The van der Waals surface area contributed by atoms with Crippen LogP contribution in [-0.4, -0.2) is 29.7 Å². The maximum atomic E-state index is 9.08.